The van der Waals surface area contributed by atoms with E-state index < -0.39 is 10.0 Å². The second kappa shape index (κ2) is 10.8. The van der Waals surface area contributed by atoms with Crippen LogP contribution in [0.2, 0.25) is 0 Å². The van der Waals surface area contributed by atoms with Gasteiger partial charge in [-0.1, -0.05) is 66.7 Å². The third-order valence-electron chi connectivity index (χ3n) is 5.79. The summed E-state index contributed by atoms with van der Waals surface area (Å²) in [7, 11) is -1.67. The van der Waals surface area contributed by atoms with E-state index in [1.165, 1.54) is 0 Å². The van der Waals surface area contributed by atoms with Crippen LogP contribution >= 0.6 is 0 Å². The van der Waals surface area contributed by atoms with E-state index >= 15 is 0 Å². The van der Waals surface area contributed by atoms with Gasteiger partial charge in [0.2, 0.25) is 10.0 Å². The minimum Gasteiger partial charge on any atom is -0.493 e. The van der Waals surface area contributed by atoms with Gasteiger partial charge in [-0.3, -0.25) is 4.90 Å². The Balaban J connectivity index is 1.34. The SMILES string of the molecule is COc1ccc(CN2CCN(S(=O)(=O)Cc3ccccc3)CC2)cc1OCc1ccccc1. The highest BCUT2D eigenvalue weighted by atomic mass is 32.2. The first-order valence-electron chi connectivity index (χ1n) is 11.1. The smallest absolute Gasteiger partial charge is 0.218 e. The van der Waals surface area contributed by atoms with Crippen LogP contribution in [0, 0.1) is 0 Å². The van der Waals surface area contributed by atoms with Crippen molar-refractivity contribution in [2.75, 3.05) is 33.3 Å². The molecule has 1 aliphatic rings. The molecule has 0 radical (unpaired) electrons. The van der Waals surface area contributed by atoms with Crippen LogP contribution < -0.4 is 9.47 Å². The maximum Gasteiger partial charge on any atom is 0.218 e. The van der Waals surface area contributed by atoms with Crippen molar-refractivity contribution in [1.82, 2.24) is 9.21 Å². The molecule has 3 aromatic rings. The van der Waals surface area contributed by atoms with Crippen molar-refractivity contribution in [2.24, 2.45) is 0 Å². The van der Waals surface area contributed by atoms with Gasteiger partial charge in [0.05, 0.1) is 12.9 Å². The molecular formula is C26H30N2O4S. The highest BCUT2D eigenvalue weighted by Crippen LogP contribution is 2.29. The summed E-state index contributed by atoms with van der Waals surface area (Å²) in [5.74, 6) is 1.46. The van der Waals surface area contributed by atoms with E-state index in [4.69, 9.17) is 9.47 Å². The Morgan fingerprint density at radius 3 is 2.03 bits per heavy atom. The molecule has 174 valence electrons. The molecule has 0 unspecified atom stereocenters. The number of sulfonamides is 1. The molecule has 0 spiro atoms. The summed E-state index contributed by atoms with van der Waals surface area (Å²) in [5, 5.41) is 0. The zero-order valence-corrected chi connectivity index (χ0v) is 19.7. The molecule has 0 aliphatic carbocycles. The average Bonchev–Trinajstić information content (AvgIpc) is 2.84. The molecule has 1 saturated heterocycles. The van der Waals surface area contributed by atoms with Crippen LogP contribution in [0.1, 0.15) is 16.7 Å². The molecule has 33 heavy (non-hydrogen) atoms. The molecule has 0 N–H and O–H groups in total. The quantitative estimate of drug-likeness (QED) is 0.478. The third-order valence-corrected chi connectivity index (χ3v) is 7.64. The lowest BCUT2D eigenvalue weighted by atomic mass is 10.1. The first-order chi connectivity index (χ1) is 16.0. The predicted molar refractivity (Wildman–Crippen MR) is 130 cm³/mol. The van der Waals surface area contributed by atoms with Gasteiger partial charge in [-0.25, -0.2) is 8.42 Å². The van der Waals surface area contributed by atoms with Gasteiger partial charge in [0.25, 0.3) is 0 Å². The third kappa shape index (κ3) is 6.35. The molecule has 0 amide bonds. The molecule has 3 aromatic carbocycles. The van der Waals surface area contributed by atoms with Gasteiger partial charge in [0.1, 0.15) is 6.61 Å². The van der Waals surface area contributed by atoms with Gasteiger partial charge in [-0.05, 0) is 28.8 Å². The summed E-state index contributed by atoms with van der Waals surface area (Å²) < 4.78 is 38.7. The zero-order valence-electron chi connectivity index (χ0n) is 18.9. The van der Waals surface area contributed by atoms with Gasteiger partial charge < -0.3 is 9.47 Å². The maximum atomic E-state index is 12.8. The lowest BCUT2D eigenvalue weighted by molar-refractivity contribution is 0.181. The topological polar surface area (TPSA) is 59.1 Å². The molecule has 0 saturated carbocycles. The van der Waals surface area contributed by atoms with E-state index in [1.54, 1.807) is 11.4 Å². The summed E-state index contributed by atoms with van der Waals surface area (Å²) in [6.07, 6.45) is 0. The van der Waals surface area contributed by atoms with Gasteiger partial charge in [0, 0.05) is 32.7 Å². The van der Waals surface area contributed by atoms with Gasteiger partial charge >= 0.3 is 0 Å². The van der Waals surface area contributed by atoms with Gasteiger partial charge in [0.15, 0.2) is 11.5 Å². The van der Waals surface area contributed by atoms with E-state index in [0.717, 1.165) is 23.2 Å². The Hall–Kier alpha value is -2.87. The lowest BCUT2D eigenvalue weighted by Gasteiger charge is -2.34. The zero-order chi connectivity index (χ0) is 23.1. The number of methoxy groups -OCH3 is 1. The van der Waals surface area contributed by atoms with E-state index in [-0.39, 0.29) is 5.75 Å². The largest absolute Gasteiger partial charge is 0.493 e. The molecule has 1 aliphatic heterocycles. The Morgan fingerprint density at radius 2 is 1.39 bits per heavy atom. The minimum atomic E-state index is -3.31. The van der Waals surface area contributed by atoms with Gasteiger partial charge in [-0.2, -0.15) is 4.31 Å². The second-order valence-corrected chi connectivity index (χ2v) is 10.1. The van der Waals surface area contributed by atoms with Crippen molar-refractivity contribution in [3.8, 4) is 11.5 Å². The number of hydrogen-bond donors (Lipinski definition) is 0. The van der Waals surface area contributed by atoms with Crippen LogP contribution in [0.4, 0.5) is 0 Å². The van der Waals surface area contributed by atoms with Crippen LogP contribution in [0.3, 0.4) is 0 Å². The van der Waals surface area contributed by atoms with Crippen molar-refractivity contribution in [2.45, 2.75) is 18.9 Å². The van der Waals surface area contributed by atoms with Crippen LogP contribution in [-0.2, 0) is 28.9 Å². The maximum absolute atomic E-state index is 12.8. The van der Waals surface area contributed by atoms with Crippen molar-refractivity contribution < 1.29 is 17.9 Å². The van der Waals surface area contributed by atoms with Crippen molar-refractivity contribution in [3.63, 3.8) is 0 Å². The van der Waals surface area contributed by atoms with Crippen LogP contribution in [-0.4, -0.2) is 50.9 Å². The second-order valence-electron chi connectivity index (χ2n) is 8.18. The van der Waals surface area contributed by atoms with Crippen molar-refractivity contribution in [1.29, 1.82) is 0 Å². The normalized spacial score (nSPS) is 15.3. The molecule has 6 nitrogen and oxygen atoms in total. The Kier molecular flexibility index (Phi) is 7.65. The fraction of sp³-hybridized carbons (Fsp3) is 0.308. The summed E-state index contributed by atoms with van der Waals surface area (Å²) in [4.78, 5) is 2.28. The number of ether oxygens (including phenoxy) is 2. The Bertz CT molecular complexity index is 1130. The molecule has 1 fully saturated rings. The number of piperazine rings is 1. The summed E-state index contributed by atoms with van der Waals surface area (Å²) >= 11 is 0. The van der Waals surface area contributed by atoms with Crippen molar-refractivity contribution in [3.05, 3.63) is 95.6 Å². The Labute approximate surface area is 196 Å². The molecule has 1 heterocycles. The fourth-order valence-electron chi connectivity index (χ4n) is 3.97. The number of nitrogens with zero attached hydrogens (tertiary/aromatic N) is 2. The number of hydrogen-bond acceptors (Lipinski definition) is 5. The van der Waals surface area contributed by atoms with Crippen LogP contribution in [0.15, 0.2) is 78.9 Å². The highest BCUT2D eigenvalue weighted by molar-refractivity contribution is 7.88. The number of rotatable bonds is 9. The van der Waals surface area contributed by atoms with E-state index in [9.17, 15) is 8.42 Å². The molecule has 7 heteroatoms. The van der Waals surface area contributed by atoms with Crippen molar-refractivity contribution >= 4 is 10.0 Å². The van der Waals surface area contributed by atoms with Crippen LogP contribution in [0.5, 0.6) is 11.5 Å². The Morgan fingerprint density at radius 1 is 0.758 bits per heavy atom. The monoisotopic (exact) mass is 466 g/mol. The van der Waals surface area contributed by atoms with E-state index in [1.807, 2.05) is 78.9 Å². The summed E-state index contributed by atoms with van der Waals surface area (Å²) in [6, 6.07) is 25.4. The van der Waals surface area contributed by atoms with E-state index in [2.05, 4.69) is 4.90 Å². The lowest BCUT2D eigenvalue weighted by Crippen LogP contribution is -2.48. The molecule has 0 atom stereocenters. The minimum absolute atomic E-state index is 0.0500. The van der Waals surface area contributed by atoms with Crippen LogP contribution in [0.25, 0.3) is 0 Å². The van der Waals surface area contributed by atoms with E-state index in [0.29, 0.717) is 44.3 Å². The standard InChI is InChI=1S/C26H30N2O4S/c1-31-25-13-12-24(18-26(25)32-20-22-8-4-2-5-9-22)19-27-14-16-28(17-15-27)33(29,30)21-23-10-6-3-7-11-23/h2-13,18H,14-17,19-21H2,1H3. The summed E-state index contributed by atoms with van der Waals surface area (Å²) in [6.45, 7) is 3.60. The number of benzene rings is 3. The first-order valence-corrected chi connectivity index (χ1v) is 12.7. The first kappa shape index (κ1) is 23.3. The molecule has 0 aromatic heterocycles. The highest BCUT2D eigenvalue weighted by Gasteiger charge is 2.27. The molecular weight excluding hydrogens is 436 g/mol. The average molecular weight is 467 g/mol. The fourth-order valence-corrected chi connectivity index (χ4v) is 5.48. The molecule has 0 bridgehead atoms. The van der Waals surface area contributed by atoms with Gasteiger partial charge in [-0.15, -0.1) is 0 Å². The molecule has 4 rings (SSSR count). The summed E-state index contributed by atoms with van der Waals surface area (Å²) in [5.41, 5.74) is 3.03. The predicted octanol–water partition coefficient (Wildman–Crippen LogP) is 3.92.